The number of fused-ring (bicyclic) bond motifs is 1. The fourth-order valence-corrected chi connectivity index (χ4v) is 3.95. The molecule has 2 nitrogen and oxygen atoms in total. The minimum atomic E-state index is -0.278. The van der Waals surface area contributed by atoms with E-state index in [9.17, 15) is 4.79 Å². The molecule has 1 N–H and O–H groups in total. The number of hydrogen-bond donors (Lipinski definition) is 1. The maximum absolute atomic E-state index is 11.4. The topological polar surface area (TPSA) is 29.1 Å². The number of nitrogens with one attached hydrogen (secondary N) is 1. The van der Waals surface area contributed by atoms with Crippen molar-refractivity contribution in [1.29, 1.82) is 0 Å². The molecule has 1 aliphatic heterocycles. The third kappa shape index (κ3) is 2.27. The molecule has 98 valence electrons. The fraction of sp³-hybridized carbons (Fsp3) is 0.214. The minimum Gasteiger partial charge on any atom is -0.325 e. The highest BCUT2D eigenvalue weighted by Gasteiger charge is 2.23. The molecule has 0 aliphatic carbocycles. The van der Waals surface area contributed by atoms with Crippen molar-refractivity contribution in [3.63, 3.8) is 0 Å². The molecule has 0 bridgehead atoms. The summed E-state index contributed by atoms with van der Waals surface area (Å²) in [7, 11) is 0. The third-order valence-corrected chi connectivity index (χ3v) is 4.97. The van der Waals surface area contributed by atoms with Gasteiger partial charge in [-0.25, -0.2) is 0 Å². The Bertz CT molecular complexity index is 665. The van der Waals surface area contributed by atoms with Crippen LogP contribution in [-0.2, 0) is 11.2 Å². The highest BCUT2D eigenvalue weighted by Crippen LogP contribution is 2.40. The first-order chi connectivity index (χ1) is 9.06. The van der Waals surface area contributed by atoms with Crippen LogP contribution in [0.5, 0.6) is 0 Å². The van der Waals surface area contributed by atoms with Crippen molar-refractivity contribution in [1.82, 2.24) is 0 Å². The lowest BCUT2D eigenvalue weighted by molar-refractivity contribution is -0.115. The van der Waals surface area contributed by atoms with Crippen molar-refractivity contribution in [3.8, 4) is 0 Å². The number of carbonyl (C=O) groups is 1. The number of thiophene rings is 1. The van der Waals surface area contributed by atoms with Gasteiger partial charge in [-0.3, -0.25) is 4.79 Å². The second kappa shape index (κ2) is 4.82. The van der Waals surface area contributed by atoms with E-state index >= 15 is 0 Å². The van der Waals surface area contributed by atoms with Crippen molar-refractivity contribution in [2.75, 3.05) is 5.32 Å². The first kappa shape index (κ1) is 13.0. The number of amides is 1. The number of halogens is 2. The van der Waals surface area contributed by atoms with Gasteiger partial charge in [0, 0.05) is 10.7 Å². The summed E-state index contributed by atoms with van der Waals surface area (Å²) in [6.45, 7) is 2.04. The highest BCUT2D eigenvalue weighted by atomic mass is 35.5. The van der Waals surface area contributed by atoms with Gasteiger partial charge >= 0.3 is 0 Å². The molecule has 1 aromatic heterocycles. The van der Waals surface area contributed by atoms with E-state index in [0.717, 1.165) is 27.9 Å². The van der Waals surface area contributed by atoms with Crippen LogP contribution in [0.3, 0.4) is 0 Å². The van der Waals surface area contributed by atoms with Gasteiger partial charge in [-0.05, 0) is 52.1 Å². The summed E-state index contributed by atoms with van der Waals surface area (Å²) < 4.78 is 0. The molecule has 1 aromatic carbocycles. The van der Waals surface area contributed by atoms with Crippen LogP contribution in [0.15, 0.2) is 22.9 Å². The zero-order valence-electron chi connectivity index (χ0n) is 10.2. The second-order valence-corrected chi connectivity index (χ2v) is 6.22. The van der Waals surface area contributed by atoms with Crippen LogP contribution in [0, 0.1) is 6.92 Å². The van der Waals surface area contributed by atoms with E-state index in [1.54, 1.807) is 17.4 Å². The quantitative estimate of drug-likeness (QED) is 0.811. The summed E-state index contributed by atoms with van der Waals surface area (Å²) in [5.74, 6) is 0.000975. The van der Waals surface area contributed by atoms with E-state index in [-0.39, 0.29) is 11.3 Å². The van der Waals surface area contributed by atoms with Crippen molar-refractivity contribution in [3.05, 3.63) is 50.2 Å². The zero-order valence-corrected chi connectivity index (χ0v) is 12.5. The number of aryl methyl sites for hydroxylation is 1. The molecule has 0 fully saturated rings. The van der Waals surface area contributed by atoms with E-state index in [0.29, 0.717) is 11.4 Å². The van der Waals surface area contributed by atoms with Crippen LogP contribution < -0.4 is 5.32 Å². The predicted molar refractivity (Wildman–Crippen MR) is 80.5 cm³/mol. The monoisotopic (exact) mass is 311 g/mol. The molecular formula is C14H11Cl2NOS. The Kier molecular flexibility index (Phi) is 3.29. The molecule has 2 heterocycles. The summed E-state index contributed by atoms with van der Waals surface area (Å²) in [6, 6.07) is 3.72. The van der Waals surface area contributed by atoms with Crippen LogP contribution in [0.2, 0.25) is 5.02 Å². The summed E-state index contributed by atoms with van der Waals surface area (Å²) in [5, 5.41) is 7.21. The molecule has 0 saturated heterocycles. The zero-order chi connectivity index (χ0) is 13.6. The molecule has 19 heavy (non-hydrogen) atoms. The Labute approximate surface area is 125 Å². The molecule has 5 heteroatoms. The lowest BCUT2D eigenvalue weighted by Gasteiger charge is -2.13. The van der Waals surface area contributed by atoms with E-state index < -0.39 is 0 Å². The van der Waals surface area contributed by atoms with Gasteiger partial charge in [0.25, 0.3) is 0 Å². The molecule has 0 spiro atoms. The largest absolute Gasteiger partial charge is 0.325 e. The molecule has 1 aliphatic rings. The summed E-state index contributed by atoms with van der Waals surface area (Å²) in [4.78, 5) is 11.4. The van der Waals surface area contributed by atoms with E-state index in [1.165, 1.54) is 0 Å². The van der Waals surface area contributed by atoms with Gasteiger partial charge in [0.1, 0.15) is 0 Å². The summed E-state index contributed by atoms with van der Waals surface area (Å²) in [6.07, 6.45) is 0.395. The standard InChI is InChI=1S/C14H11Cl2NOS/c1-7-5-19-6-10(7)14(16)9-2-8-3-13(18)17-12(8)4-11(9)15/h2,4-6,14H,3H2,1H3,(H,17,18). The van der Waals surface area contributed by atoms with Crippen molar-refractivity contribution in [2.24, 2.45) is 0 Å². The number of alkyl halides is 1. The Morgan fingerprint density at radius 2 is 2.11 bits per heavy atom. The highest BCUT2D eigenvalue weighted by molar-refractivity contribution is 7.08. The van der Waals surface area contributed by atoms with Crippen molar-refractivity contribution < 1.29 is 4.79 Å². The molecule has 2 aromatic rings. The number of rotatable bonds is 2. The molecule has 0 radical (unpaired) electrons. The number of benzene rings is 1. The van der Waals surface area contributed by atoms with E-state index in [2.05, 4.69) is 10.7 Å². The van der Waals surface area contributed by atoms with Gasteiger partial charge in [0.2, 0.25) is 5.91 Å². The van der Waals surface area contributed by atoms with Gasteiger partial charge < -0.3 is 5.32 Å². The average Bonchev–Trinajstić information content (AvgIpc) is 2.92. The van der Waals surface area contributed by atoms with Gasteiger partial charge in [0.15, 0.2) is 0 Å². The van der Waals surface area contributed by atoms with Crippen LogP contribution in [0.25, 0.3) is 0 Å². The smallest absolute Gasteiger partial charge is 0.228 e. The van der Waals surface area contributed by atoms with Crippen molar-refractivity contribution >= 4 is 46.1 Å². The normalized spacial score (nSPS) is 15.2. The third-order valence-electron chi connectivity index (χ3n) is 3.29. The van der Waals surface area contributed by atoms with Crippen LogP contribution in [-0.4, -0.2) is 5.91 Å². The van der Waals surface area contributed by atoms with Gasteiger partial charge in [-0.15, -0.1) is 11.6 Å². The van der Waals surface area contributed by atoms with Crippen LogP contribution >= 0.6 is 34.5 Å². The Hall–Kier alpha value is -1.03. The fourth-order valence-electron chi connectivity index (χ4n) is 2.26. The van der Waals surface area contributed by atoms with Gasteiger partial charge in [-0.2, -0.15) is 11.3 Å². The first-order valence-electron chi connectivity index (χ1n) is 5.85. The lowest BCUT2D eigenvalue weighted by Crippen LogP contribution is -2.03. The molecule has 1 atom stereocenters. The molecule has 0 saturated carbocycles. The number of anilines is 1. The maximum atomic E-state index is 11.4. The van der Waals surface area contributed by atoms with E-state index in [1.807, 2.05) is 18.4 Å². The van der Waals surface area contributed by atoms with Gasteiger partial charge in [-0.1, -0.05) is 11.6 Å². The Balaban J connectivity index is 2.05. The summed E-state index contributed by atoms with van der Waals surface area (Å²) >= 11 is 14.5. The van der Waals surface area contributed by atoms with Crippen LogP contribution in [0.4, 0.5) is 5.69 Å². The number of carbonyl (C=O) groups excluding carboxylic acids is 1. The SMILES string of the molecule is Cc1cscc1C(Cl)c1cc2c(cc1Cl)NC(=O)C2. The van der Waals surface area contributed by atoms with Gasteiger partial charge in [0.05, 0.1) is 11.8 Å². The Morgan fingerprint density at radius 1 is 1.32 bits per heavy atom. The van der Waals surface area contributed by atoms with Crippen molar-refractivity contribution in [2.45, 2.75) is 18.7 Å². The lowest BCUT2D eigenvalue weighted by atomic mass is 10.0. The molecular weight excluding hydrogens is 301 g/mol. The second-order valence-electron chi connectivity index (χ2n) is 4.63. The molecule has 1 unspecified atom stereocenters. The first-order valence-corrected chi connectivity index (χ1v) is 7.61. The number of hydrogen-bond acceptors (Lipinski definition) is 2. The predicted octanol–water partition coefficient (Wildman–Crippen LogP) is 4.53. The molecule has 3 rings (SSSR count). The van der Waals surface area contributed by atoms with Crippen LogP contribution in [0.1, 0.15) is 27.6 Å². The maximum Gasteiger partial charge on any atom is 0.228 e. The van der Waals surface area contributed by atoms with E-state index in [4.69, 9.17) is 23.2 Å². The molecule has 1 amide bonds. The summed E-state index contributed by atoms with van der Waals surface area (Å²) in [5.41, 5.74) is 4.86. The Morgan fingerprint density at radius 3 is 2.79 bits per heavy atom. The minimum absolute atomic E-state index is 0.000975. The average molecular weight is 312 g/mol.